The van der Waals surface area contributed by atoms with E-state index < -0.39 is 10.0 Å². The normalized spacial score (nSPS) is 17.6. The molecule has 1 amide bonds. The molecule has 0 saturated carbocycles. The fourth-order valence-corrected chi connectivity index (χ4v) is 5.95. The molecule has 1 aliphatic rings. The lowest BCUT2D eigenvalue weighted by atomic mass is 10.1. The van der Waals surface area contributed by atoms with Crippen LogP contribution < -0.4 is 10.2 Å². The van der Waals surface area contributed by atoms with Crippen LogP contribution in [0.2, 0.25) is 0 Å². The third kappa shape index (κ3) is 4.40. The van der Waals surface area contributed by atoms with Crippen molar-refractivity contribution in [2.45, 2.75) is 31.0 Å². The highest BCUT2D eigenvalue weighted by atomic mass is 32.2. The smallest absolute Gasteiger partial charge is 0.282 e. The van der Waals surface area contributed by atoms with Gasteiger partial charge in [-0.1, -0.05) is 23.8 Å². The van der Waals surface area contributed by atoms with Crippen LogP contribution in [0.5, 0.6) is 0 Å². The maximum absolute atomic E-state index is 12.7. The molecule has 0 aliphatic carbocycles. The SMILES string of the molecule is Cc1ccc(NC(=O)[C@H](C)[NH+]2CCN(S(=O)(=O)c3cccs3)CC2)c(C)c1. The number of carbonyl (C=O) groups is 1. The van der Waals surface area contributed by atoms with Crippen molar-refractivity contribution >= 4 is 33.0 Å². The van der Waals surface area contributed by atoms with Gasteiger partial charge in [0.15, 0.2) is 6.04 Å². The molecule has 0 spiro atoms. The summed E-state index contributed by atoms with van der Waals surface area (Å²) in [6, 6.07) is 9.10. The Morgan fingerprint density at radius 1 is 1.22 bits per heavy atom. The molecule has 0 radical (unpaired) electrons. The predicted octanol–water partition coefficient (Wildman–Crippen LogP) is 1.28. The average molecular weight is 409 g/mol. The highest BCUT2D eigenvalue weighted by molar-refractivity contribution is 7.91. The van der Waals surface area contributed by atoms with Gasteiger partial charge in [-0.05, 0) is 43.8 Å². The Kier molecular flexibility index (Phi) is 6.00. The molecule has 1 fully saturated rings. The summed E-state index contributed by atoms with van der Waals surface area (Å²) in [5, 5.41) is 4.78. The van der Waals surface area contributed by atoms with Crippen LogP contribution in [0.15, 0.2) is 39.9 Å². The molecule has 8 heteroatoms. The molecule has 1 saturated heterocycles. The molecule has 2 aromatic rings. The first-order valence-electron chi connectivity index (χ1n) is 9.05. The second kappa shape index (κ2) is 8.10. The third-order valence-electron chi connectivity index (χ3n) is 5.10. The van der Waals surface area contributed by atoms with E-state index in [0.29, 0.717) is 30.4 Å². The largest absolute Gasteiger partial charge is 0.323 e. The van der Waals surface area contributed by atoms with Crippen molar-refractivity contribution < 1.29 is 18.1 Å². The average Bonchev–Trinajstić information content (AvgIpc) is 3.19. The summed E-state index contributed by atoms with van der Waals surface area (Å²) in [6.45, 7) is 7.99. The summed E-state index contributed by atoms with van der Waals surface area (Å²) in [4.78, 5) is 13.8. The van der Waals surface area contributed by atoms with Gasteiger partial charge in [-0.25, -0.2) is 8.42 Å². The number of anilines is 1. The number of rotatable bonds is 5. The minimum Gasteiger partial charge on any atom is -0.323 e. The van der Waals surface area contributed by atoms with Gasteiger partial charge >= 0.3 is 0 Å². The first kappa shape index (κ1) is 20.0. The number of benzene rings is 1. The number of aryl methyl sites for hydroxylation is 2. The van der Waals surface area contributed by atoms with Crippen molar-refractivity contribution in [2.75, 3.05) is 31.5 Å². The Morgan fingerprint density at radius 3 is 2.52 bits per heavy atom. The van der Waals surface area contributed by atoms with Gasteiger partial charge in [0.2, 0.25) is 0 Å². The van der Waals surface area contributed by atoms with Gasteiger partial charge < -0.3 is 10.2 Å². The van der Waals surface area contributed by atoms with Crippen molar-refractivity contribution in [1.82, 2.24) is 4.31 Å². The zero-order chi connectivity index (χ0) is 19.6. The Hall–Kier alpha value is -1.74. The highest BCUT2D eigenvalue weighted by Gasteiger charge is 2.34. The Balaban J connectivity index is 1.59. The van der Waals surface area contributed by atoms with Crippen molar-refractivity contribution in [3.8, 4) is 0 Å². The van der Waals surface area contributed by atoms with Crippen molar-refractivity contribution in [3.63, 3.8) is 0 Å². The quantitative estimate of drug-likeness (QED) is 0.783. The number of thiophene rings is 1. The van der Waals surface area contributed by atoms with Gasteiger partial charge in [-0.3, -0.25) is 4.79 Å². The van der Waals surface area contributed by atoms with E-state index in [4.69, 9.17) is 0 Å². The van der Waals surface area contributed by atoms with Crippen molar-refractivity contribution in [2.24, 2.45) is 0 Å². The van der Waals surface area contributed by atoms with E-state index in [1.165, 1.54) is 15.6 Å². The number of hydrogen-bond acceptors (Lipinski definition) is 4. The van der Waals surface area contributed by atoms with Crippen molar-refractivity contribution in [3.05, 3.63) is 46.8 Å². The summed E-state index contributed by atoms with van der Waals surface area (Å²) in [7, 11) is -3.41. The number of carbonyl (C=O) groups excluding carboxylic acids is 1. The molecule has 1 aromatic carbocycles. The molecule has 2 N–H and O–H groups in total. The van der Waals surface area contributed by atoms with Crippen molar-refractivity contribution in [1.29, 1.82) is 0 Å². The van der Waals surface area contributed by atoms with E-state index in [0.717, 1.165) is 21.7 Å². The maximum Gasteiger partial charge on any atom is 0.282 e. The second-order valence-corrected chi connectivity index (χ2v) is 10.1. The summed E-state index contributed by atoms with van der Waals surface area (Å²) in [5.41, 5.74) is 3.03. The van der Waals surface area contributed by atoms with Crippen LogP contribution >= 0.6 is 11.3 Å². The minimum absolute atomic E-state index is 0.0356. The lowest BCUT2D eigenvalue weighted by Crippen LogP contribution is -3.19. The highest BCUT2D eigenvalue weighted by Crippen LogP contribution is 2.20. The fraction of sp³-hybridized carbons (Fsp3) is 0.421. The first-order valence-corrected chi connectivity index (χ1v) is 11.4. The van der Waals surface area contributed by atoms with Crippen LogP contribution in [0, 0.1) is 13.8 Å². The number of piperazine rings is 1. The van der Waals surface area contributed by atoms with E-state index in [9.17, 15) is 13.2 Å². The summed E-state index contributed by atoms with van der Waals surface area (Å²) in [6.07, 6.45) is 0. The number of hydrogen-bond donors (Lipinski definition) is 2. The van der Waals surface area contributed by atoms with Gasteiger partial charge in [0, 0.05) is 5.69 Å². The predicted molar refractivity (Wildman–Crippen MR) is 108 cm³/mol. The number of amides is 1. The Bertz CT molecular complexity index is 902. The molecular formula is C19H26N3O3S2+. The molecule has 6 nitrogen and oxygen atoms in total. The minimum atomic E-state index is -3.41. The molecule has 146 valence electrons. The fourth-order valence-electron chi connectivity index (χ4n) is 3.36. The maximum atomic E-state index is 12.7. The summed E-state index contributed by atoms with van der Waals surface area (Å²) >= 11 is 1.24. The Labute approximate surface area is 164 Å². The topological polar surface area (TPSA) is 70.9 Å². The molecule has 3 rings (SSSR count). The van der Waals surface area contributed by atoms with Gasteiger partial charge in [-0.2, -0.15) is 4.31 Å². The van der Waals surface area contributed by atoms with Gasteiger partial charge in [0.25, 0.3) is 15.9 Å². The molecule has 1 aliphatic heterocycles. The van der Waals surface area contributed by atoms with Crippen LogP contribution in [-0.2, 0) is 14.8 Å². The third-order valence-corrected chi connectivity index (χ3v) is 8.37. The lowest BCUT2D eigenvalue weighted by molar-refractivity contribution is -0.917. The van der Waals surface area contributed by atoms with E-state index in [2.05, 4.69) is 5.32 Å². The molecule has 0 bridgehead atoms. The molecular weight excluding hydrogens is 382 g/mol. The summed E-state index contributed by atoms with van der Waals surface area (Å²) < 4.78 is 27.1. The second-order valence-electron chi connectivity index (χ2n) is 7.02. The van der Waals surface area contributed by atoms with Gasteiger partial charge in [0.05, 0.1) is 26.2 Å². The molecule has 0 unspecified atom stereocenters. The molecule has 27 heavy (non-hydrogen) atoms. The molecule has 1 aromatic heterocycles. The van der Waals surface area contributed by atoms with Crippen LogP contribution in [0.1, 0.15) is 18.1 Å². The number of sulfonamides is 1. The van der Waals surface area contributed by atoms with Gasteiger partial charge in [0.1, 0.15) is 4.21 Å². The number of nitrogens with zero attached hydrogens (tertiary/aromatic N) is 1. The molecule has 1 atom stereocenters. The van der Waals surface area contributed by atoms with Gasteiger partial charge in [-0.15, -0.1) is 11.3 Å². The van der Waals surface area contributed by atoms with Crippen LogP contribution in [-0.4, -0.2) is 50.9 Å². The van der Waals surface area contributed by atoms with Crippen LogP contribution in [0.4, 0.5) is 5.69 Å². The van der Waals surface area contributed by atoms with E-state index >= 15 is 0 Å². The van der Waals surface area contributed by atoms with E-state index in [1.807, 2.05) is 39.0 Å². The lowest BCUT2D eigenvalue weighted by Gasteiger charge is -2.34. The van der Waals surface area contributed by atoms with Crippen LogP contribution in [0.3, 0.4) is 0 Å². The summed E-state index contributed by atoms with van der Waals surface area (Å²) in [5.74, 6) is -0.0356. The first-order chi connectivity index (χ1) is 12.8. The molecule has 2 heterocycles. The standard InChI is InChI=1S/C19H25N3O3S2/c1-14-6-7-17(15(2)13-14)20-19(23)16(3)21-8-10-22(11-9-21)27(24,25)18-5-4-12-26-18/h4-7,12-13,16H,8-11H2,1-3H3,(H,20,23)/p+1/t16-/m0/s1. The van der Waals surface area contributed by atoms with E-state index in [1.54, 1.807) is 17.5 Å². The number of quaternary nitrogens is 1. The zero-order valence-electron chi connectivity index (χ0n) is 15.9. The monoisotopic (exact) mass is 408 g/mol. The zero-order valence-corrected chi connectivity index (χ0v) is 17.5. The Morgan fingerprint density at radius 2 is 1.93 bits per heavy atom. The van der Waals surface area contributed by atoms with E-state index in [-0.39, 0.29) is 11.9 Å². The number of nitrogens with one attached hydrogen (secondary N) is 2. The van der Waals surface area contributed by atoms with Crippen LogP contribution in [0.25, 0.3) is 0 Å².